The second-order valence-corrected chi connectivity index (χ2v) is 6.18. The van der Waals surface area contributed by atoms with Crippen LogP contribution in [-0.4, -0.2) is 36.5 Å². The number of nitrogens with zero attached hydrogens (tertiary/aromatic N) is 1. The quantitative estimate of drug-likeness (QED) is 0.414. The normalized spacial score (nSPS) is 12.6. The third kappa shape index (κ3) is 6.54. The average molecular weight is 370 g/mol. The Morgan fingerprint density at radius 2 is 1.52 bits per heavy atom. The number of hydrogen-bond acceptors (Lipinski definition) is 5. The molecule has 7 nitrogen and oxygen atoms in total. The molecular formula is C20H22N2O5. The molecule has 0 spiro atoms. The SMILES string of the molecule is COC(=O)[C@@H](Cc1ccccc1)NC(=O)[C@H](Cc1ccccc1)C[N+](=O)[O-]. The molecule has 0 unspecified atom stereocenters. The summed E-state index contributed by atoms with van der Waals surface area (Å²) in [6, 6.07) is 17.3. The summed E-state index contributed by atoms with van der Waals surface area (Å²) in [6.45, 7) is -0.514. The predicted octanol–water partition coefficient (Wildman–Crippen LogP) is 2.02. The molecule has 2 rings (SSSR count). The summed E-state index contributed by atoms with van der Waals surface area (Å²) < 4.78 is 4.78. The average Bonchev–Trinajstić information content (AvgIpc) is 2.67. The highest BCUT2D eigenvalue weighted by atomic mass is 16.6. The number of carbonyl (C=O) groups excluding carboxylic acids is 2. The number of nitro groups is 1. The van der Waals surface area contributed by atoms with Gasteiger partial charge >= 0.3 is 5.97 Å². The van der Waals surface area contributed by atoms with Gasteiger partial charge in [0.2, 0.25) is 12.5 Å². The van der Waals surface area contributed by atoms with Crippen LogP contribution in [0.1, 0.15) is 11.1 Å². The summed E-state index contributed by atoms with van der Waals surface area (Å²) in [6.07, 6.45) is 0.461. The first-order valence-corrected chi connectivity index (χ1v) is 8.57. The van der Waals surface area contributed by atoms with Gasteiger partial charge in [0.15, 0.2) is 0 Å². The highest BCUT2D eigenvalue weighted by Crippen LogP contribution is 2.11. The van der Waals surface area contributed by atoms with Gasteiger partial charge in [-0.1, -0.05) is 60.7 Å². The molecule has 0 bridgehead atoms. The summed E-state index contributed by atoms with van der Waals surface area (Å²) in [5.41, 5.74) is 1.67. The Labute approximate surface area is 157 Å². The van der Waals surface area contributed by atoms with Gasteiger partial charge in [-0.2, -0.15) is 0 Å². The number of benzene rings is 2. The minimum absolute atomic E-state index is 0.215. The van der Waals surface area contributed by atoms with E-state index in [1.54, 1.807) is 0 Å². The van der Waals surface area contributed by atoms with Gasteiger partial charge in [0, 0.05) is 11.3 Å². The Kier molecular flexibility index (Phi) is 7.49. The summed E-state index contributed by atoms with van der Waals surface area (Å²) in [4.78, 5) is 35.3. The monoisotopic (exact) mass is 370 g/mol. The highest BCUT2D eigenvalue weighted by Gasteiger charge is 2.29. The Morgan fingerprint density at radius 1 is 1.00 bits per heavy atom. The molecule has 2 atom stereocenters. The number of carbonyl (C=O) groups is 2. The first kappa shape index (κ1) is 20.1. The maximum atomic E-state index is 12.7. The van der Waals surface area contributed by atoms with Crippen LogP contribution in [0, 0.1) is 16.0 Å². The molecular weight excluding hydrogens is 348 g/mol. The fraction of sp³-hybridized carbons (Fsp3) is 0.300. The van der Waals surface area contributed by atoms with Crippen molar-refractivity contribution in [2.75, 3.05) is 13.7 Å². The first-order valence-electron chi connectivity index (χ1n) is 8.57. The van der Waals surface area contributed by atoms with E-state index in [9.17, 15) is 19.7 Å². The minimum atomic E-state index is -0.907. The Morgan fingerprint density at radius 3 is 2.00 bits per heavy atom. The zero-order valence-electron chi connectivity index (χ0n) is 15.0. The number of ether oxygens (including phenoxy) is 1. The standard InChI is InChI=1S/C20H22N2O5/c1-27-20(24)18(13-16-10-6-3-7-11-16)21-19(23)17(14-22(25)26)12-15-8-4-2-5-9-15/h2-11,17-18H,12-14H2,1H3,(H,21,23)/t17-,18-/m1/s1. The van der Waals surface area contributed by atoms with Crippen molar-refractivity contribution in [3.8, 4) is 0 Å². The highest BCUT2D eigenvalue weighted by molar-refractivity contribution is 5.86. The van der Waals surface area contributed by atoms with Crippen LogP contribution in [0.5, 0.6) is 0 Å². The molecule has 7 heteroatoms. The molecule has 0 saturated heterocycles. The van der Waals surface area contributed by atoms with E-state index in [-0.39, 0.29) is 12.8 Å². The molecule has 0 saturated carbocycles. The number of esters is 1. The van der Waals surface area contributed by atoms with E-state index in [1.165, 1.54) is 7.11 Å². The van der Waals surface area contributed by atoms with Crippen molar-refractivity contribution in [1.82, 2.24) is 5.32 Å². The van der Waals surface area contributed by atoms with Crippen molar-refractivity contribution in [3.63, 3.8) is 0 Å². The molecule has 0 aliphatic carbocycles. The molecule has 0 aliphatic heterocycles. The van der Waals surface area contributed by atoms with Crippen LogP contribution in [0.3, 0.4) is 0 Å². The number of amides is 1. The second kappa shape index (κ2) is 10.1. The lowest BCUT2D eigenvalue weighted by Gasteiger charge is -2.20. The van der Waals surface area contributed by atoms with Gasteiger partial charge in [0.1, 0.15) is 12.0 Å². The summed E-state index contributed by atoms with van der Waals surface area (Å²) in [5.74, 6) is -2.01. The minimum Gasteiger partial charge on any atom is -0.467 e. The van der Waals surface area contributed by atoms with Gasteiger partial charge in [0.05, 0.1) is 7.11 Å². The smallest absolute Gasteiger partial charge is 0.328 e. The Bertz CT molecular complexity index is 764. The molecule has 142 valence electrons. The molecule has 0 fully saturated rings. The van der Waals surface area contributed by atoms with Crippen LogP contribution in [0.25, 0.3) is 0 Å². The van der Waals surface area contributed by atoms with Crippen LogP contribution >= 0.6 is 0 Å². The maximum Gasteiger partial charge on any atom is 0.328 e. The number of hydrogen-bond donors (Lipinski definition) is 1. The molecule has 0 heterocycles. The van der Waals surface area contributed by atoms with E-state index in [0.29, 0.717) is 0 Å². The summed E-state index contributed by atoms with van der Waals surface area (Å²) >= 11 is 0. The van der Waals surface area contributed by atoms with Crippen LogP contribution in [-0.2, 0) is 27.2 Å². The second-order valence-electron chi connectivity index (χ2n) is 6.18. The van der Waals surface area contributed by atoms with Gasteiger partial charge < -0.3 is 10.1 Å². The van der Waals surface area contributed by atoms with Crippen LogP contribution < -0.4 is 5.32 Å². The maximum absolute atomic E-state index is 12.7. The molecule has 0 radical (unpaired) electrons. The van der Waals surface area contributed by atoms with Crippen molar-refractivity contribution in [3.05, 3.63) is 81.9 Å². The van der Waals surface area contributed by atoms with Gasteiger partial charge in [-0.15, -0.1) is 0 Å². The Hall–Kier alpha value is -3.22. The molecule has 1 N–H and O–H groups in total. The Balaban J connectivity index is 2.13. The van der Waals surface area contributed by atoms with E-state index < -0.39 is 35.3 Å². The molecule has 27 heavy (non-hydrogen) atoms. The van der Waals surface area contributed by atoms with Crippen molar-refractivity contribution in [2.45, 2.75) is 18.9 Å². The van der Waals surface area contributed by atoms with Crippen molar-refractivity contribution < 1.29 is 19.2 Å². The van der Waals surface area contributed by atoms with Crippen molar-refractivity contribution in [1.29, 1.82) is 0 Å². The number of rotatable bonds is 9. The lowest BCUT2D eigenvalue weighted by molar-refractivity contribution is -0.485. The first-order chi connectivity index (χ1) is 13.0. The van der Waals surface area contributed by atoms with E-state index in [1.807, 2.05) is 60.7 Å². The van der Waals surface area contributed by atoms with E-state index in [2.05, 4.69) is 5.32 Å². The van der Waals surface area contributed by atoms with E-state index in [0.717, 1.165) is 11.1 Å². The topological polar surface area (TPSA) is 98.5 Å². The van der Waals surface area contributed by atoms with Crippen LogP contribution in [0.15, 0.2) is 60.7 Å². The number of methoxy groups -OCH3 is 1. The molecule has 2 aromatic rings. The molecule has 1 amide bonds. The summed E-state index contributed by atoms with van der Waals surface area (Å²) in [7, 11) is 1.24. The molecule has 0 aromatic heterocycles. The van der Waals surface area contributed by atoms with Crippen molar-refractivity contribution >= 4 is 11.9 Å². The largest absolute Gasteiger partial charge is 0.467 e. The molecule has 2 aromatic carbocycles. The fourth-order valence-electron chi connectivity index (χ4n) is 2.79. The van der Waals surface area contributed by atoms with Crippen LogP contribution in [0.4, 0.5) is 0 Å². The lowest BCUT2D eigenvalue weighted by Crippen LogP contribution is -2.47. The van der Waals surface area contributed by atoms with Gasteiger partial charge in [-0.05, 0) is 17.5 Å². The van der Waals surface area contributed by atoms with E-state index >= 15 is 0 Å². The number of nitrogens with one attached hydrogen (secondary N) is 1. The summed E-state index contributed by atoms with van der Waals surface area (Å²) in [5, 5.41) is 13.6. The lowest BCUT2D eigenvalue weighted by atomic mass is 9.97. The third-order valence-corrected chi connectivity index (χ3v) is 4.15. The predicted molar refractivity (Wildman–Crippen MR) is 99.6 cm³/mol. The van der Waals surface area contributed by atoms with Gasteiger partial charge in [-0.3, -0.25) is 14.9 Å². The van der Waals surface area contributed by atoms with Gasteiger partial charge in [-0.25, -0.2) is 4.79 Å². The van der Waals surface area contributed by atoms with Gasteiger partial charge in [0.25, 0.3) is 0 Å². The zero-order chi connectivity index (χ0) is 19.6. The fourth-order valence-corrected chi connectivity index (χ4v) is 2.79. The third-order valence-electron chi connectivity index (χ3n) is 4.15. The van der Waals surface area contributed by atoms with Crippen LogP contribution in [0.2, 0.25) is 0 Å². The van der Waals surface area contributed by atoms with Crippen molar-refractivity contribution in [2.24, 2.45) is 5.92 Å². The van der Waals surface area contributed by atoms with E-state index in [4.69, 9.17) is 4.74 Å². The zero-order valence-corrected chi connectivity index (χ0v) is 15.0. The molecule has 0 aliphatic rings.